The van der Waals surface area contributed by atoms with Gasteiger partial charge in [-0.3, -0.25) is 18.7 Å². The highest BCUT2D eigenvalue weighted by Gasteiger charge is 2.34. The quantitative estimate of drug-likeness (QED) is 0.0592. The second-order valence-corrected chi connectivity index (χ2v) is 14.3. The van der Waals surface area contributed by atoms with Gasteiger partial charge in [0.15, 0.2) is 23.1 Å². The summed E-state index contributed by atoms with van der Waals surface area (Å²) in [5.74, 6) is -2.76. The summed E-state index contributed by atoms with van der Waals surface area (Å²) in [4.78, 5) is 26.3. The van der Waals surface area contributed by atoms with Gasteiger partial charge in [-0.15, -0.1) is 20.5 Å². The molecule has 260 valence electrons. The first-order valence-corrected chi connectivity index (χ1v) is 17.7. The number of carbonyl (C=O) groups excluding carboxylic acids is 2. The molecule has 0 spiro atoms. The van der Waals surface area contributed by atoms with Crippen LogP contribution in [-0.2, 0) is 20.2 Å². The maximum atomic E-state index is 13.9. The van der Waals surface area contributed by atoms with Crippen LogP contribution in [0.5, 0.6) is 11.5 Å². The lowest BCUT2D eigenvalue weighted by Crippen LogP contribution is -2.21. The minimum atomic E-state index is -4.96. The predicted molar refractivity (Wildman–Crippen MR) is 188 cm³/mol. The molecule has 0 heterocycles. The summed E-state index contributed by atoms with van der Waals surface area (Å²) >= 11 is 0. The third kappa shape index (κ3) is 5.66. The largest absolute Gasteiger partial charge is 0.505 e. The van der Waals surface area contributed by atoms with E-state index in [0.29, 0.717) is 0 Å². The van der Waals surface area contributed by atoms with Crippen molar-refractivity contribution < 1.29 is 45.7 Å². The summed E-state index contributed by atoms with van der Waals surface area (Å²) in [7, 11) is -9.92. The number of nitrogens with zero attached hydrogens (tertiary/aromatic N) is 4. The van der Waals surface area contributed by atoms with Gasteiger partial charge in [-0.25, -0.2) is 0 Å². The SMILES string of the molecule is Nc1ccc2c(O)c(N=Nc3cccc4c3C(=O)c3cccc(N=Nc5c(S(=O)(=O)O)cc6cc(N)ccc6c5O)c3C4=O)c(S(=O)(=O)O)cc2c1. The number of phenols is 2. The van der Waals surface area contributed by atoms with Gasteiger partial charge in [0, 0.05) is 33.3 Å². The number of nitrogens with two attached hydrogens (primary N) is 2. The second kappa shape index (κ2) is 12.0. The van der Waals surface area contributed by atoms with E-state index < -0.39 is 64.5 Å². The van der Waals surface area contributed by atoms with Crippen molar-refractivity contribution >= 4 is 87.5 Å². The standard InChI is InChI=1S/C34H22N6O10S2/c35-17-7-9-19-15(11-17)13-25(51(45,46)47)29(33(19)43)39-37-23-5-1-3-21-27(23)32(42)22-4-2-6-24(28(22)31(21)41)38-40-30-26(52(48,49)50)14-16-12-18(36)8-10-20(16)34(30)44/h1-14,43-44H,35-36H2,(H,45,46,47)(H,48,49,50). The molecule has 0 unspecified atom stereocenters. The van der Waals surface area contributed by atoms with E-state index in [0.717, 1.165) is 12.1 Å². The van der Waals surface area contributed by atoms with Crippen LogP contribution in [0.15, 0.2) is 115 Å². The van der Waals surface area contributed by atoms with E-state index in [9.17, 15) is 45.7 Å². The van der Waals surface area contributed by atoms with Gasteiger partial charge in [0.05, 0.1) is 22.5 Å². The molecule has 0 atom stereocenters. The van der Waals surface area contributed by atoms with E-state index in [2.05, 4.69) is 20.5 Å². The summed E-state index contributed by atoms with van der Waals surface area (Å²) in [5.41, 5.74) is 9.66. The number of fused-ring (bicyclic) bond motifs is 4. The monoisotopic (exact) mass is 738 g/mol. The van der Waals surface area contributed by atoms with Gasteiger partial charge in [0.1, 0.15) is 21.2 Å². The van der Waals surface area contributed by atoms with Crippen LogP contribution in [0.2, 0.25) is 0 Å². The summed E-state index contributed by atoms with van der Waals surface area (Å²) in [5, 5.41) is 38.3. The summed E-state index contributed by atoms with van der Waals surface area (Å²) < 4.78 is 69.0. The average molecular weight is 739 g/mol. The minimum absolute atomic E-state index is 0.137. The molecule has 0 saturated heterocycles. The fourth-order valence-corrected chi connectivity index (χ4v) is 7.22. The Kier molecular flexibility index (Phi) is 7.83. The molecule has 0 radical (unpaired) electrons. The third-order valence-electron chi connectivity index (χ3n) is 8.25. The van der Waals surface area contributed by atoms with E-state index >= 15 is 0 Å². The Labute approximate surface area is 292 Å². The third-order valence-corrected chi connectivity index (χ3v) is 9.98. The molecule has 0 saturated carbocycles. The molecule has 1 aliphatic rings. The van der Waals surface area contributed by atoms with E-state index in [-0.39, 0.29) is 66.5 Å². The fraction of sp³-hybridized carbons (Fsp3) is 0. The van der Waals surface area contributed by atoms with Crippen LogP contribution in [0.3, 0.4) is 0 Å². The van der Waals surface area contributed by atoms with Crippen LogP contribution < -0.4 is 11.5 Å². The summed E-state index contributed by atoms with van der Waals surface area (Å²) in [6.45, 7) is 0. The highest BCUT2D eigenvalue weighted by Crippen LogP contribution is 2.45. The number of hydrogen-bond acceptors (Lipinski definition) is 14. The number of anilines is 2. The van der Waals surface area contributed by atoms with E-state index in [4.69, 9.17) is 11.5 Å². The van der Waals surface area contributed by atoms with Crippen molar-refractivity contribution in [2.24, 2.45) is 20.5 Å². The molecule has 8 N–H and O–H groups in total. The molecule has 0 amide bonds. The van der Waals surface area contributed by atoms with Crippen LogP contribution in [0.4, 0.5) is 34.1 Å². The van der Waals surface area contributed by atoms with Gasteiger partial charge < -0.3 is 21.7 Å². The van der Waals surface area contributed by atoms with Crippen LogP contribution >= 0.6 is 0 Å². The van der Waals surface area contributed by atoms with Gasteiger partial charge in [0.2, 0.25) is 0 Å². The highest BCUT2D eigenvalue weighted by molar-refractivity contribution is 7.86. The molecule has 0 aliphatic heterocycles. The maximum absolute atomic E-state index is 13.9. The van der Waals surface area contributed by atoms with Gasteiger partial charge in [-0.05, 0) is 71.4 Å². The van der Waals surface area contributed by atoms with Gasteiger partial charge in [0.25, 0.3) is 20.2 Å². The lowest BCUT2D eigenvalue weighted by atomic mass is 9.82. The molecule has 52 heavy (non-hydrogen) atoms. The molecule has 6 aromatic rings. The number of nitrogen functional groups attached to an aromatic ring is 2. The van der Waals surface area contributed by atoms with E-state index in [1.165, 1.54) is 72.8 Å². The topological polar surface area (TPSA) is 285 Å². The Balaban J connectivity index is 1.33. The molecule has 16 nitrogen and oxygen atoms in total. The van der Waals surface area contributed by atoms with Gasteiger partial charge >= 0.3 is 0 Å². The predicted octanol–water partition coefficient (Wildman–Crippen LogP) is 6.67. The first kappa shape index (κ1) is 33.9. The Morgan fingerprint density at radius 2 is 0.904 bits per heavy atom. The number of aromatic hydroxyl groups is 2. The van der Waals surface area contributed by atoms with Crippen molar-refractivity contribution in [3.63, 3.8) is 0 Å². The van der Waals surface area contributed by atoms with E-state index in [1.54, 1.807) is 0 Å². The first-order valence-electron chi connectivity index (χ1n) is 14.8. The lowest BCUT2D eigenvalue weighted by Gasteiger charge is -2.19. The summed E-state index contributed by atoms with van der Waals surface area (Å²) in [6.07, 6.45) is 0. The zero-order chi connectivity index (χ0) is 37.3. The molecule has 0 aromatic heterocycles. The van der Waals surface area contributed by atoms with Crippen LogP contribution in [0, 0.1) is 0 Å². The first-order chi connectivity index (χ1) is 24.5. The number of ketones is 2. The number of hydrogen-bond donors (Lipinski definition) is 6. The van der Waals surface area contributed by atoms with Crippen molar-refractivity contribution in [2.75, 3.05) is 11.5 Å². The maximum Gasteiger partial charge on any atom is 0.296 e. The molecule has 18 heteroatoms. The Morgan fingerprint density at radius 1 is 0.519 bits per heavy atom. The molecule has 0 fully saturated rings. The molecule has 1 aliphatic carbocycles. The van der Waals surface area contributed by atoms with Crippen LogP contribution in [0.25, 0.3) is 21.5 Å². The number of carbonyl (C=O) groups is 2. The van der Waals surface area contributed by atoms with Gasteiger partial charge in [-0.2, -0.15) is 16.8 Å². The Hall–Kier alpha value is -6.60. The molecule has 7 rings (SSSR count). The van der Waals surface area contributed by atoms with Gasteiger partial charge in [-0.1, -0.05) is 24.3 Å². The molecular formula is C34H22N6O10S2. The smallest absolute Gasteiger partial charge is 0.296 e. The molecule has 0 bridgehead atoms. The minimum Gasteiger partial charge on any atom is -0.505 e. The normalized spacial score (nSPS) is 13.3. The van der Waals surface area contributed by atoms with Crippen molar-refractivity contribution in [3.05, 3.63) is 107 Å². The summed E-state index contributed by atoms with van der Waals surface area (Å²) in [6, 6.07) is 18.6. The number of phenolic OH excluding ortho intramolecular Hbond substituents is 2. The zero-order valence-electron chi connectivity index (χ0n) is 26.1. The van der Waals surface area contributed by atoms with Crippen LogP contribution in [0.1, 0.15) is 31.8 Å². The number of rotatable bonds is 6. The Bertz CT molecular complexity index is 2690. The average Bonchev–Trinajstić information content (AvgIpc) is 3.08. The molecule has 6 aromatic carbocycles. The zero-order valence-corrected chi connectivity index (χ0v) is 27.7. The van der Waals surface area contributed by atoms with Crippen LogP contribution in [-0.4, -0.2) is 47.7 Å². The fourth-order valence-electron chi connectivity index (χ4n) is 5.91. The van der Waals surface area contributed by atoms with Crippen molar-refractivity contribution in [1.29, 1.82) is 0 Å². The Morgan fingerprint density at radius 3 is 1.27 bits per heavy atom. The van der Waals surface area contributed by atoms with Crippen molar-refractivity contribution in [1.82, 2.24) is 0 Å². The lowest BCUT2D eigenvalue weighted by molar-refractivity contribution is 0.0980. The van der Waals surface area contributed by atoms with Crippen molar-refractivity contribution in [2.45, 2.75) is 9.79 Å². The van der Waals surface area contributed by atoms with E-state index in [1.807, 2.05) is 0 Å². The highest BCUT2D eigenvalue weighted by atomic mass is 32.2. The number of azo groups is 2. The van der Waals surface area contributed by atoms with Crippen molar-refractivity contribution in [3.8, 4) is 11.5 Å². The number of benzene rings is 6. The molecular weight excluding hydrogens is 717 g/mol. The second-order valence-electron chi connectivity index (χ2n) is 11.5.